The second-order valence-corrected chi connectivity index (χ2v) is 6.68. The summed E-state index contributed by atoms with van der Waals surface area (Å²) in [4.78, 5) is 19.7. The Morgan fingerprint density at radius 2 is 2.00 bits per heavy atom. The summed E-state index contributed by atoms with van der Waals surface area (Å²) in [5.74, 6) is -0.0877. The number of amides is 1. The number of rotatable bonds is 4. The van der Waals surface area contributed by atoms with Crippen molar-refractivity contribution in [2.24, 2.45) is 0 Å². The van der Waals surface area contributed by atoms with Gasteiger partial charge in [0.2, 0.25) is 0 Å². The van der Waals surface area contributed by atoms with E-state index in [0.29, 0.717) is 18.1 Å². The van der Waals surface area contributed by atoms with E-state index in [1.807, 2.05) is 56.3 Å². The fourth-order valence-corrected chi connectivity index (χ4v) is 3.32. The van der Waals surface area contributed by atoms with Crippen LogP contribution in [0.25, 0.3) is 0 Å². The molecule has 2 heterocycles. The highest BCUT2D eigenvalue weighted by Gasteiger charge is 2.42. The number of carbonyl (C=O) groups is 1. The number of aromatic nitrogens is 1. The first-order valence-electron chi connectivity index (χ1n) is 7.12. The highest BCUT2D eigenvalue weighted by atomic mass is 32.1. The maximum Gasteiger partial charge on any atom is 0.264 e. The SMILES string of the molecule is Cc1nc(N(C)C)sc1C(=O)NC1(c2ccccc2)COC1. The van der Waals surface area contributed by atoms with Gasteiger partial charge in [0.15, 0.2) is 5.13 Å². The molecule has 5 nitrogen and oxygen atoms in total. The van der Waals surface area contributed by atoms with Crippen LogP contribution < -0.4 is 10.2 Å². The molecular weight excluding hydrogens is 298 g/mol. The van der Waals surface area contributed by atoms with Gasteiger partial charge >= 0.3 is 0 Å². The van der Waals surface area contributed by atoms with Crippen LogP contribution >= 0.6 is 11.3 Å². The Morgan fingerprint density at radius 3 is 2.50 bits per heavy atom. The Kier molecular flexibility index (Phi) is 3.88. The zero-order valence-corrected chi connectivity index (χ0v) is 13.7. The number of ether oxygens (including phenoxy) is 1. The number of hydrogen-bond acceptors (Lipinski definition) is 5. The Hall–Kier alpha value is -1.92. The summed E-state index contributed by atoms with van der Waals surface area (Å²) in [6.07, 6.45) is 0. The maximum atomic E-state index is 12.7. The molecule has 116 valence electrons. The first-order valence-corrected chi connectivity index (χ1v) is 7.94. The maximum absolute atomic E-state index is 12.7. The van der Waals surface area contributed by atoms with Gasteiger partial charge in [-0.2, -0.15) is 0 Å². The lowest BCUT2D eigenvalue weighted by molar-refractivity contribution is -0.0733. The van der Waals surface area contributed by atoms with Crippen LogP contribution in [0.5, 0.6) is 0 Å². The largest absolute Gasteiger partial charge is 0.376 e. The quantitative estimate of drug-likeness (QED) is 0.939. The molecule has 1 fully saturated rings. The lowest BCUT2D eigenvalue weighted by atomic mass is 9.88. The summed E-state index contributed by atoms with van der Waals surface area (Å²) in [5, 5.41) is 3.98. The summed E-state index contributed by atoms with van der Waals surface area (Å²) in [6.45, 7) is 2.87. The van der Waals surface area contributed by atoms with Crippen molar-refractivity contribution in [1.29, 1.82) is 0 Å². The van der Waals surface area contributed by atoms with E-state index in [1.54, 1.807) is 0 Å². The van der Waals surface area contributed by atoms with Crippen LogP contribution in [0.2, 0.25) is 0 Å². The molecule has 0 saturated carbocycles. The molecule has 1 aromatic heterocycles. The van der Waals surface area contributed by atoms with E-state index < -0.39 is 5.54 Å². The fraction of sp³-hybridized carbons (Fsp3) is 0.375. The number of hydrogen-bond donors (Lipinski definition) is 1. The van der Waals surface area contributed by atoms with Crippen molar-refractivity contribution in [3.05, 3.63) is 46.5 Å². The van der Waals surface area contributed by atoms with Crippen molar-refractivity contribution in [2.75, 3.05) is 32.2 Å². The van der Waals surface area contributed by atoms with Gasteiger partial charge in [0.05, 0.1) is 18.9 Å². The average molecular weight is 317 g/mol. The zero-order valence-electron chi connectivity index (χ0n) is 12.9. The minimum absolute atomic E-state index is 0.0877. The molecule has 0 unspecified atom stereocenters. The van der Waals surface area contributed by atoms with E-state index >= 15 is 0 Å². The van der Waals surface area contributed by atoms with Gasteiger partial charge in [-0.25, -0.2) is 4.98 Å². The third-order valence-electron chi connectivity index (χ3n) is 3.75. The van der Waals surface area contributed by atoms with E-state index in [2.05, 4.69) is 10.3 Å². The predicted octanol–water partition coefficient (Wildman–Crippen LogP) is 2.17. The van der Waals surface area contributed by atoms with Crippen LogP contribution in [-0.4, -0.2) is 38.2 Å². The lowest BCUT2D eigenvalue weighted by Crippen LogP contribution is -2.59. The van der Waals surface area contributed by atoms with Crippen LogP contribution in [0.4, 0.5) is 5.13 Å². The van der Waals surface area contributed by atoms with Crippen LogP contribution in [0.15, 0.2) is 30.3 Å². The van der Waals surface area contributed by atoms with E-state index in [1.165, 1.54) is 11.3 Å². The number of benzene rings is 1. The van der Waals surface area contributed by atoms with Crippen molar-refractivity contribution in [3.8, 4) is 0 Å². The Morgan fingerprint density at radius 1 is 1.32 bits per heavy atom. The van der Waals surface area contributed by atoms with Gasteiger partial charge in [-0.15, -0.1) is 0 Å². The number of anilines is 1. The first kappa shape index (κ1) is 15.0. The van der Waals surface area contributed by atoms with Crippen molar-refractivity contribution in [1.82, 2.24) is 10.3 Å². The third-order valence-corrected chi connectivity index (χ3v) is 5.07. The van der Waals surface area contributed by atoms with Gasteiger partial charge in [-0.05, 0) is 12.5 Å². The van der Waals surface area contributed by atoms with E-state index in [4.69, 9.17) is 4.74 Å². The van der Waals surface area contributed by atoms with Gasteiger partial charge in [-0.3, -0.25) is 4.79 Å². The number of thiazole rings is 1. The summed E-state index contributed by atoms with van der Waals surface area (Å²) in [7, 11) is 3.84. The molecule has 22 heavy (non-hydrogen) atoms. The molecule has 0 bridgehead atoms. The second-order valence-electron chi connectivity index (χ2n) is 5.70. The van der Waals surface area contributed by atoms with Gasteiger partial charge in [0.1, 0.15) is 10.4 Å². The monoisotopic (exact) mass is 317 g/mol. The van der Waals surface area contributed by atoms with E-state index in [9.17, 15) is 4.79 Å². The van der Waals surface area contributed by atoms with E-state index in [0.717, 1.165) is 16.4 Å². The topological polar surface area (TPSA) is 54.5 Å². The molecule has 0 atom stereocenters. The molecular formula is C16H19N3O2S. The minimum Gasteiger partial charge on any atom is -0.376 e. The molecule has 1 aliphatic heterocycles. The van der Waals surface area contributed by atoms with Crippen LogP contribution in [-0.2, 0) is 10.3 Å². The number of carbonyl (C=O) groups excluding carboxylic acids is 1. The predicted molar refractivity (Wildman–Crippen MR) is 87.6 cm³/mol. The summed E-state index contributed by atoms with van der Waals surface area (Å²) >= 11 is 1.41. The van der Waals surface area contributed by atoms with Crippen LogP contribution in [0.3, 0.4) is 0 Å². The molecule has 6 heteroatoms. The fourth-order valence-electron chi connectivity index (χ4n) is 2.43. The molecule has 2 aromatic rings. The highest BCUT2D eigenvalue weighted by molar-refractivity contribution is 7.17. The van der Waals surface area contributed by atoms with Crippen LogP contribution in [0, 0.1) is 6.92 Å². The van der Waals surface area contributed by atoms with Gasteiger partial charge < -0.3 is 15.0 Å². The molecule has 1 amide bonds. The van der Waals surface area contributed by atoms with Crippen LogP contribution in [0.1, 0.15) is 20.9 Å². The molecule has 1 aliphatic rings. The average Bonchev–Trinajstić information content (AvgIpc) is 2.86. The number of aryl methyl sites for hydroxylation is 1. The van der Waals surface area contributed by atoms with Crippen molar-refractivity contribution in [3.63, 3.8) is 0 Å². The standard InChI is InChI=1S/C16H19N3O2S/c1-11-13(22-15(17-11)19(2)3)14(20)18-16(9-21-10-16)12-7-5-4-6-8-12/h4-8H,9-10H2,1-3H3,(H,18,20). The third kappa shape index (κ3) is 2.60. The Balaban J connectivity index is 1.84. The summed E-state index contributed by atoms with van der Waals surface area (Å²) in [5.41, 5.74) is 1.41. The molecule has 1 saturated heterocycles. The van der Waals surface area contributed by atoms with Crippen molar-refractivity contribution < 1.29 is 9.53 Å². The Labute approximate surface area is 133 Å². The number of nitrogens with one attached hydrogen (secondary N) is 1. The molecule has 0 aliphatic carbocycles. The minimum atomic E-state index is -0.424. The second kappa shape index (κ2) is 5.70. The normalized spacial score (nSPS) is 16.0. The first-order chi connectivity index (χ1) is 10.5. The lowest BCUT2D eigenvalue weighted by Gasteiger charge is -2.42. The van der Waals surface area contributed by atoms with Gasteiger partial charge in [-0.1, -0.05) is 41.7 Å². The van der Waals surface area contributed by atoms with Crippen molar-refractivity contribution >= 4 is 22.4 Å². The van der Waals surface area contributed by atoms with Gasteiger partial charge in [0.25, 0.3) is 5.91 Å². The smallest absolute Gasteiger partial charge is 0.264 e. The summed E-state index contributed by atoms with van der Waals surface area (Å²) in [6, 6.07) is 9.96. The molecule has 1 N–H and O–H groups in total. The molecule has 3 rings (SSSR count). The van der Waals surface area contributed by atoms with Crippen molar-refractivity contribution in [2.45, 2.75) is 12.5 Å². The molecule has 1 aromatic carbocycles. The Bertz CT molecular complexity index is 678. The van der Waals surface area contributed by atoms with E-state index in [-0.39, 0.29) is 5.91 Å². The zero-order chi connectivity index (χ0) is 15.7. The molecule has 0 spiro atoms. The highest BCUT2D eigenvalue weighted by Crippen LogP contribution is 2.31. The van der Waals surface area contributed by atoms with Gasteiger partial charge in [0, 0.05) is 14.1 Å². The number of nitrogens with zero attached hydrogens (tertiary/aromatic N) is 2. The summed E-state index contributed by atoms with van der Waals surface area (Å²) < 4.78 is 5.37. The molecule has 0 radical (unpaired) electrons.